The SMILES string of the molecule is Cc1cc(C)cc(NCc2ccc(C)o2)c1. The van der Waals surface area contributed by atoms with E-state index in [1.54, 1.807) is 0 Å². The second kappa shape index (κ2) is 4.44. The molecule has 84 valence electrons. The molecule has 0 saturated heterocycles. The predicted octanol–water partition coefficient (Wildman–Crippen LogP) is 3.82. The van der Waals surface area contributed by atoms with E-state index in [0.29, 0.717) is 0 Å². The fourth-order valence-corrected chi connectivity index (χ4v) is 1.85. The molecule has 1 N–H and O–H groups in total. The Labute approximate surface area is 96.3 Å². The molecule has 0 unspecified atom stereocenters. The first kappa shape index (κ1) is 10.8. The lowest BCUT2D eigenvalue weighted by molar-refractivity contribution is 0.490. The molecule has 0 bridgehead atoms. The van der Waals surface area contributed by atoms with Crippen LogP contribution in [-0.2, 0) is 6.54 Å². The van der Waals surface area contributed by atoms with Crippen LogP contribution in [-0.4, -0.2) is 0 Å². The molecule has 0 aliphatic heterocycles. The molecule has 0 atom stereocenters. The molecular weight excluding hydrogens is 198 g/mol. The molecule has 2 heteroatoms. The Morgan fingerprint density at radius 3 is 2.25 bits per heavy atom. The van der Waals surface area contributed by atoms with Crippen LogP contribution < -0.4 is 5.32 Å². The quantitative estimate of drug-likeness (QED) is 0.842. The summed E-state index contributed by atoms with van der Waals surface area (Å²) in [5, 5.41) is 3.36. The summed E-state index contributed by atoms with van der Waals surface area (Å²) >= 11 is 0. The van der Waals surface area contributed by atoms with Crippen LogP contribution in [0.3, 0.4) is 0 Å². The van der Waals surface area contributed by atoms with E-state index in [9.17, 15) is 0 Å². The topological polar surface area (TPSA) is 25.2 Å². The van der Waals surface area contributed by atoms with E-state index in [1.165, 1.54) is 11.1 Å². The largest absolute Gasteiger partial charge is 0.465 e. The van der Waals surface area contributed by atoms with E-state index < -0.39 is 0 Å². The monoisotopic (exact) mass is 215 g/mol. The molecule has 0 radical (unpaired) electrons. The van der Waals surface area contributed by atoms with Crippen LogP contribution >= 0.6 is 0 Å². The number of nitrogens with one attached hydrogen (secondary N) is 1. The van der Waals surface area contributed by atoms with Crippen molar-refractivity contribution < 1.29 is 4.42 Å². The van der Waals surface area contributed by atoms with Crippen LogP contribution in [0.4, 0.5) is 5.69 Å². The summed E-state index contributed by atoms with van der Waals surface area (Å²) in [6.45, 7) is 6.90. The van der Waals surface area contributed by atoms with Gasteiger partial charge in [0.15, 0.2) is 0 Å². The van der Waals surface area contributed by atoms with E-state index in [1.807, 2.05) is 19.1 Å². The summed E-state index contributed by atoms with van der Waals surface area (Å²) in [5.41, 5.74) is 3.70. The van der Waals surface area contributed by atoms with Gasteiger partial charge in [-0.05, 0) is 56.2 Å². The lowest BCUT2D eigenvalue weighted by atomic mass is 10.1. The maximum Gasteiger partial charge on any atom is 0.123 e. The van der Waals surface area contributed by atoms with Gasteiger partial charge in [0.25, 0.3) is 0 Å². The fraction of sp³-hybridized carbons (Fsp3) is 0.286. The van der Waals surface area contributed by atoms with Gasteiger partial charge in [0.05, 0.1) is 6.54 Å². The van der Waals surface area contributed by atoms with E-state index in [0.717, 1.165) is 23.8 Å². The van der Waals surface area contributed by atoms with E-state index in [4.69, 9.17) is 4.42 Å². The van der Waals surface area contributed by atoms with Gasteiger partial charge in [-0.15, -0.1) is 0 Å². The van der Waals surface area contributed by atoms with Gasteiger partial charge in [0, 0.05) is 5.69 Å². The molecule has 1 aromatic carbocycles. The van der Waals surface area contributed by atoms with Gasteiger partial charge >= 0.3 is 0 Å². The van der Waals surface area contributed by atoms with Gasteiger partial charge in [-0.25, -0.2) is 0 Å². The maximum atomic E-state index is 5.50. The standard InChI is InChI=1S/C14H17NO/c1-10-6-11(2)8-13(7-10)15-9-14-5-4-12(3)16-14/h4-8,15H,9H2,1-3H3. The number of hydrogen-bond donors (Lipinski definition) is 1. The van der Waals surface area contributed by atoms with Crippen molar-refractivity contribution in [3.63, 3.8) is 0 Å². The maximum absolute atomic E-state index is 5.50. The fourth-order valence-electron chi connectivity index (χ4n) is 1.85. The number of rotatable bonds is 3. The lowest BCUT2D eigenvalue weighted by Gasteiger charge is -2.07. The molecule has 0 saturated carbocycles. The highest BCUT2D eigenvalue weighted by Gasteiger charge is 1.99. The van der Waals surface area contributed by atoms with Crippen LogP contribution in [0.1, 0.15) is 22.6 Å². The molecule has 0 aliphatic rings. The normalized spacial score (nSPS) is 10.4. The van der Waals surface area contributed by atoms with Crippen molar-refractivity contribution in [1.82, 2.24) is 0 Å². The van der Waals surface area contributed by atoms with Crippen molar-refractivity contribution in [2.24, 2.45) is 0 Å². The van der Waals surface area contributed by atoms with Crippen molar-refractivity contribution in [1.29, 1.82) is 0 Å². The minimum absolute atomic E-state index is 0.733. The molecule has 0 fully saturated rings. The number of aryl methyl sites for hydroxylation is 3. The number of anilines is 1. The molecule has 1 aromatic heterocycles. The Balaban J connectivity index is 2.04. The van der Waals surface area contributed by atoms with Gasteiger partial charge in [-0.1, -0.05) is 6.07 Å². The summed E-state index contributed by atoms with van der Waals surface area (Å²) < 4.78 is 5.50. The lowest BCUT2D eigenvalue weighted by Crippen LogP contribution is -1.98. The van der Waals surface area contributed by atoms with Crippen molar-refractivity contribution in [3.8, 4) is 0 Å². The molecule has 2 nitrogen and oxygen atoms in total. The average Bonchev–Trinajstić information content (AvgIpc) is 2.60. The zero-order valence-corrected chi connectivity index (χ0v) is 10.0. The highest BCUT2D eigenvalue weighted by molar-refractivity contribution is 5.48. The van der Waals surface area contributed by atoms with Crippen molar-refractivity contribution in [3.05, 3.63) is 53.0 Å². The number of furan rings is 1. The van der Waals surface area contributed by atoms with Crippen LogP contribution in [0, 0.1) is 20.8 Å². The first-order valence-electron chi connectivity index (χ1n) is 5.51. The summed E-state index contributed by atoms with van der Waals surface area (Å²) in [6.07, 6.45) is 0. The van der Waals surface area contributed by atoms with Gasteiger partial charge < -0.3 is 9.73 Å². The predicted molar refractivity (Wildman–Crippen MR) is 66.7 cm³/mol. The summed E-state index contributed by atoms with van der Waals surface area (Å²) in [7, 11) is 0. The first-order chi connectivity index (χ1) is 7.63. The van der Waals surface area contributed by atoms with E-state index in [-0.39, 0.29) is 0 Å². The summed E-state index contributed by atoms with van der Waals surface area (Å²) in [5.74, 6) is 1.92. The van der Waals surface area contributed by atoms with Gasteiger partial charge in [-0.2, -0.15) is 0 Å². The Morgan fingerprint density at radius 2 is 1.69 bits per heavy atom. The smallest absolute Gasteiger partial charge is 0.123 e. The Bertz CT molecular complexity index is 465. The zero-order valence-electron chi connectivity index (χ0n) is 10.0. The Morgan fingerprint density at radius 1 is 1.00 bits per heavy atom. The minimum Gasteiger partial charge on any atom is -0.465 e. The molecule has 0 amide bonds. The third kappa shape index (κ3) is 2.66. The molecular formula is C14H17NO. The zero-order chi connectivity index (χ0) is 11.5. The van der Waals surface area contributed by atoms with Crippen LogP contribution in [0.5, 0.6) is 0 Å². The molecule has 0 spiro atoms. The molecule has 16 heavy (non-hydrogen) atoms. The van der Waals surface area contributed by atoms with Crippen LogP contribution in [0.15, 0.2) is 34.7 Å². The minimum atomic E-state index is 0.733. The van der Waals surface area contributed by atoms with Gasteiger partial charge in [-0.3, -0.25) is 0 Å². The molecule has 0 aliphatic carbocycles. The average molecular weight is 215 g/mol. The number of hydrogen-bond acceptors (Lipinski definition) is 2. The molecule has 2 rings (SSSR count). The second-order valence-electron chi connectivity index (χ2n) is 4.24. The Hall–Kier alpha value is -1.70. The highest BCUT2D eigenvalue weighted by atomic mass is 16.3. The van der Waals surface area contributed by atoms with Gasteiger partial charge in [0.2, 0.25) is 0 Å². The van der Waals surface area contributed by atoms with Gasteiger partial charge in [0.1, 0.15) is 11.5 Å². The summed E-state index contributed by atoms with van der Waals surface area (Å²) in [6, 6.07) is 10.4. The van der Waals surface area contributed by atoms with Crippen LogP contribution in [0.25, 0.3) is 0 Å². The molecule has 1 heterocycles. The van der Waals surface area contributed by atoms with Crippen molar-refractivity contribution in [2.45, 2.75) is 27.3 Å². The third-order valence-corrected chi connectivity index (χ3v) is 2.48. The Kier molecular flexibility index (Phi) is 3.00. The third-order valence-electron chi connectivity index (χ3n) is 2.48. The van der Waals surface area contributed by atoms with Crippen LogP contribution in [0.2, 0.25) is 0 Å². The van der Waals surface area contributed by atoms with Crippen molar-refractivity contribution >= 4 is 5.69 Å². The first-order valence-corrected chi connectivity index (χ1v) is 5.51. The molecule has 2 aromatic rings. The second-order valence-corrected chi connectivity index (χ2v) is 4.24. The van der Waals surface area contributed by atoms with Crippen molar-refractivity contribution in [2.75, 3.05) is 5.32 Å². The van der Waals surface area contributed by atoms with E-state index >= 15 is 0 Å². The number of benzene rings is 1. The highest BCUT2D eigenvalue weighted by Crippen LogP contribution is 2.15. The van der Waals surface area contributed by atoms with E-state index in [2.05, 4.69) is 37.4 Å². The summed E-state index contributed by atoms with van der Waals surface area (Å²) in [4.78, 5) is 0.